The van der Waals surface area contributed by atoms with Crippen LogP contribution in [0.1, 0.15) is 31.5 Å². The van der Waals surface area contributed by atoms with Gasteiger partial charge in [-0.1, -0.05) is 11.6 Å². The molecule has 18 heavy (non-hydrogen) atoms. The Morgan fingerprint density at radius 1 is 1.22 bits per heavy atom. The molecule has 1 aromatic carbocycles. The van der Waals surface area contributed by atoms with E-state index in [2.05, 4.69) is 9.97 Å². The smallest absolute Gasteiger partial charge is 0.116 e. The highest BCUT2D eigenvalue weighted by atomic mass is 35.5. The summed E-state index contributed by atoms with van der Waals surface area (Å²) in [5, 5.41) is 1.62. The molecule has 0 saturated carbocycles. The Hall–Kier alpha value is -1.23. The van der Waals surface area contributed by atoms with E-state index in [1.807, 2.05) is 25.1 Å². The summed E-state index contributed by atoms with van der Waals surface area (Å²) in [6.07, 6.45) is 3.21. The third kappa shape index (κ3) is 2.96. The van der Waals surface area contributed by atoms with Crippen molar-refractivity contribution in [2.45, 2.75) is 31.8 Å². The highest BCUT2D eigenvalue weighted by molar-refractivity contribution is 6.31. The number of benzene rings is 1. The Labute approximate surface area is 111 Å². The summed E-state index contributed by atoms with van der Waals surface area (Å²) < 4.78 is 0. The highest BCUT2D eigenvalue weighted by Crippen LogP contribution is 2.24. The number of nitrogens with two attached hydrogens (primary N) is 2. The van der Waals surface area contributed by atoms with E-state index in [0.717, 1.165) is 29.4 Å². The van der Waals surface area contributed by atoms with E-state index in [-0.39, 0.29) is 12.1 Å². The number of halogens is 1. The Morgan fingerprint density at radius 2 is 2.00 bits per heavy atom. The van der Waals surface area contributed by atoms with Crippen molar-refractivity contribution in [3.8, 4) is 0 Å². The summed E-state index contributed by atoms with van der Waals surface area (Å²) in [4.78, 5) is 8.50. The molecule has 2 unspecified atom stereocenters. The molecular formula is C13H17ClN4. The number of aromatic nitrogens is 2. The maximum atomic E-state index is 6.17. The van der Waals surface area contributed by atoms with E-state index in [1.54, 1.807) is 0 Å². The van der Waals surface area contributed by atoms with Crippen LogP contribution >= 0.6 is 11.6 Å². The van der Waals surface area contributed by atoms with E-state index >= 15 is 0 Å². The SMILES string of the molecule is CC(N)CCC(N)c1ncnc2cc(Cl)ccc12. The van der Waals surface area contributed by atoms with Crippen molar-refractivity contribution in [3.63, 3.8) is 0 Å². The molecule has 0 amide bonds. The highest BCUT2D eigenvalue weighted by Gasteiger charge is 2.12. The lowest BCUT2D eigenvalue weighted by Gasteiger charge is -2.14. The molecule has 0 radical (unpaired) electrons. The van der Waals surface area contributed by atoms with Gasteiger partial charge in [-0.15, -0.1) is 0 Å². The maximum absolute atomic E-state index is 6.17. The van der Waals surface area contributed by atoms with Gasteiger partial charge in [0.25, 0.3) is 0 Å². The van der Waals surface area contributed by atoms with Crippen molar-refractivity contribution >= 4 is 22.5 Å². The molecule has 2 rings (SSSR count). The summed E-state index contributed by atoms with van der Waals surface area (Å²) >= 11 is 5.95. The van der Waals surface area contributed by atoms with Gasteiger partial charge in [0.1, 0.15) is 6.33 Å². The predicted octanol–water partition coefficient (Wildman–Crippen LogP) is 2.41. The fourth-order valence-corrected chi connectivity index (χ4v) is 2.09. The van der Waals surface area contributed by atoms with Crippen LogP contribution in [0.15, 0.2) is 24.5 Å². The molecule has 0 aliphatic rings. The summed E-state index contributed by atoms with van der Waals surface area (Å²) in [6, 6.07) is 5.59. The second-order valence-electron chi connectivity index (χ2n) is 4.58. The van der Waals surface area contributed by atoms with Crippen molar-refractivity contribution in [2.75, 3.05) is 0 Å². The first kappa shape index (κ1) is 13.2. The number of nitrogens with zero attached hydrogens (tertiary/aromatic N) is 2. The van der Waals surface area contributed by atoms with E-state index in [4.69, 9.17) is 23.1 Å². The quantitative estimate of drug-likeness (QED) is 0.889. The number of hydrogen-bond donors (Lipinski definition) is 2. The molecule has 0 aliphatic carbocycles. The van der Waals surface area contributed by atoms with Gasteiger partial charge < -0.3 is 11.5 Å². The summed E-state index contributed by atoms with van der Waals surface area (Å²) in [5.41, 5.74) is 13.6. The average Bonchev–Trinajstić information content (AvgIpc) is 2.34. The molecule has 5 heteroatoms. The topological polar surface area (TPSA) is 77.8 Å². The van der Waals surface area contributed by atoms with Gasteiger partial charge in [-0.25, -0.2) is 9.97 Å². The van der Waals surface area contributed by atoms with Gasteiger partial charge in [-0.2, -0.15) is 0 Å². The van der Waals surface area contributed by atoms with Crippen LogP contribution in [-0.4, -0.2) is 16.0 Å². The van der Waals surface area contributed by atoms with Gasteiger partial charge >= 0.3 is 0 Å². The summed E-state index contributed by atoms with van der Waals surface area (Å²) in [5.74, 6) is 0. The monoisotopic (exact) mass is 264 g/mol. The van der Waals surface area contributed by atoms with E-state index in [0.29, 0.717) is 5.02 Å². The lowest BCUT2D eigenvalue weighted by Crippen LogP contribution is -2.19. The molecule has 96 valence electrons. The van der Waals surface area contributed by atoms with Crippen molar-refractivity contribution in [2.24, 2.45) is 11.5 Å². The number of rotatable bonds is 4. The zero-order chi connectivity index (χ0) is 13.1. The Morgan fingerprint density at radius 3 is 2.72 bits per heavy atom. The zero-order valence-electron chi connectivity index (χ0n) is 10.3. The first-order chi connectivity index (χ1) is 8.58. The van der Waals surface area contributed by atoms with Crippen LogP contribution in [-0.2, 0) is 0 Å². The second-order valence-corrected chi connectivity index (χ2v) is 5.02. The largest absolute Gasteiger partial charge is 0.328 e. The summed E-state index contributed by atoms with van der Waals surface area (Å²) in [6.45, 7) is 1.98. The van der Waals surface area contributed by atoms with Crippen molar-refractivity contribution in [1.82, 2.24) is 9.97 Å². The van der Waals surface area contributed by atoms with Crippen molar-refractivity contribution < 1.29 is 0 Å². The van der Waals surface area contributed by atoms with E-state index in [1.165, 1.54) is 6.33 Å². The average molecular weight is 265 g/mol. The van der Waals surface area contributed by atoms with Gasteiger partial charge in [-0.05, 0) is 38.0 Å². The Balaban J connectivity index is 2.32. The Bertz CT molecular complexity index is 542. The minimum Gasteiger partial charge on any atom is -0.328 e. The van der Waals surface area contributed by atoms with Crippen LogP contribution in [0.3, 0.4) is 0 Å². The molecule has 1 aromatic heterocycles. The minimum absolute atomic E-state index is 0.123. The van der Waals surface area contributed by atoms with Crippen LogP contribution in [0, 0.1) is 0 Å². The fourth-order valence-electron chi connectivity index (χ4n) is 1.93. The molecule has 0 spiro atoms. The number of hydrogen-bond acceptors (Lipinski definition) is 4. The van der Waals surface area contributed by atoms with E-state index < -0.39 is 0 Å². The summed E-state index contributed by atoms with van der Waals surface area (Å²) in [7, 11) is 0. The minimum atomic E-state index is -0.123. The maximum Gasteiger partial charge on any atom is 0.116 e. The van der Waals surface area contributed by atoms with Crippen molar-refractivity contribution in [3.05, 3.63) is 35.2 Å². The molecular weight excluding hydrogens is 248 g/mol. The first-order valence-corrected chi connectivity index (χ1v) is 6.37. The lowest BCUT2D eigenvalue weighted by molar-refractivity contribution is 0.549. The van der Waals surface area contributed by atoms with Gasteiger partial charge in [0.15, 0.2) is 0 Å². The van der Waals surface area contributed by atoms with Gasteiger partial charge in [0.2, 0.25) is 0 Å². The molecule has 0 aliphatic heterocycles. The van der Waals surface area contributed by atoms with Crippen LogP contribution < -0.4 is 11.5 Å². The van der Waals surface area contributed by atoms with Crippen molar-refractivity contribution in [1.29, 1.82) is 0 Å². The molecule has 0 bridgehead atoms. The first-order valence-electron chi connectivity index (χ1n) is 5.99. The number of fused-ring (bicyclic) bond motifs is 1. The second kappa shape index (κ2) is 5.61. The third-order valence-corrected chi connectivity index (χ3v) is 3.15. The van der Waals surface area contributed by atoms with Gasteiger partial charge in [-0.3, -0.25) is 0 Å². The molecule has 4 nitrogen and oxygen atoms in total. The van der Waals surface area contributed by atoms with Crippen LogP contribution in [0.25, 0.3) is 10.9 Å². The predicted molar refractivity (Wildman–Crippen MR) is 74.4 cm³/mol. The molecule has 4 N–H and O–H groups in total. The molecule has 0 fully saturated rings. The van der Waals surface area contributed by atoms with Crippen LogP contribution in [0.5, 0.6) is 0 Å². The van der Waals surface area contributed by atoms with Gasteiger partial charge in [0, 0.05) is 22.5 Å². The normalized spacial score (nSPS) is 14.7. The van der Waals surface area contributed by atoms with Gasteiger partial charge in [0.05, 0.1) is 11.2 Å². The standard InChI is InChI=1S/C13H17ClN4/c1-8(15)2-5-11(16)13-10-4-3-9(14)6-12(10)17-7-18-13/h3-4,6-8,11H,2,5,15-16H2,1H3. The molecule has 2 atom stereocenters. The fraction of sp³-hybridized carbons (Fsp3) is 0.385. The zero-order valence-corrected chi connectivity index (χ0v) is 11.1. The Kier molecular flexibility index (Phi) is 4.11. The molecule has 1 heterocycles. The van der Waals surface area contributed by atoms with Crippen LogP contribution in [0.4, 0.5) is 0 Å². The van der Waals surface area contributed by atoms with Crippen LogP contribution in [0.2, 0.25) is 5.02 Å². The lowest BCUT2D eigenvalue weighted by atomic mass is 10.0. The molecule has 0 saturated heterocycles. The van der Waals surface area contributed by atoms with E-state index in [9.17, 15) is 0 Å². The molecule has 2 aromatic rings. The third-order valence-electron chi connectivity index (χ3n) is 2.91.